The highest BCUT2D eigenvalue weighted by Crippen LogP contribution is 2.17. The zero-order valence-corrected chi connectivity index (χ0v) is 13.2. The van der Waals surface area contributed by atoms with Crippen molar-refractivity contribution in [2.45, 2.75) is 11.8 Å². The van der Waals surface area contributed by atoms with Gasteiger partial charge in [0.05, 0.1) is 4.90 Å². The molecule has 0 heterocycles. The van der Waals surface area contributed by atoms with Gasteiger partial charge in [0.15, 0.2) is 9.84 Å². The lowest BCUT2D eigenvalue weighted by atomic mass is 10.2. The van der Waals surface area contributed by atoms with Crippen LogP contribution in [0.15, 0.2) is 47.4 Å². The monoisotopic (exact) mass is 341 g/mol. The Bertz CT molecular complexity index is 804. The molecule has 0 aliphatic rings. The fourth-order valence-electron chi connectivity index (χ4n) is 1.77. The van der Waals surface area contributed by atoms with Crippen LogP contribution < -0.4 is 5.32 Å². The quantitative estimate of drug-likeness (QED) is 0.928. The van der Waals surface area contributed by atoms with Crippen molar-refractivity contribution in [1.29, 1.82) is 0 Å². The van der Waals surface area contributed by atoms with E-state index in [2.05, 4.69) is 5.32 Å². The molecule has 0 radical (unpaired) electrons. The highest BCUT2D eigenvalue weighted by atomic mass is 35.5. The van der Waals surface area contributed by atoms with Crippen LogP contribution in [-0.2, 0) is 14.6 Å². The first-order chi connectivity index (χ1) is 10.3. The second-order valence-electron chi connectivity index (χ2n) is 4.73. The standard InChI is InChI=1S/C15H13ClFNO3S/c1-10-2-5-12(8-14(10)17)18-15(19)9-22(20,21)13-6-3-11(16)4-7-13/h2-8H,9H2,1H3,(H,18,19). The SMILES string of the molecule is Cc1ccc(NC(=O)CS(=O)(=O)c2ccc(Cl)cc2)cc1F. The summed E-state index contributed by atoms with van der Waals surface area (Å²) in [4.78, 5) is 11.8. The summed E-state index contributed by atoms with van der Waals surface area (Å²) in [5.41, 5.74) is 0.645. The third kappa shape index (κ3) is 4.05. The van der Waals surface area contributed by atoms with Crippen molar-refractivity contribution in [3.05, 3.63) is 58.9 Å². The number of amides is 1. The topological polar surface area (TPSA) is 63.2 Å². The summed E-state index contributed by atoms with van der Waals surface area (Å²) in [6.07, 6.45) is 0. The predicted octanol–water partition coefficient (Wildman–Crippen LogP) is 3.20. The number of aryl methyl sites for hydroxylation is 1. The maximum Gasteiger partial charge on any atom is 0.239 e. The largest absolute Gasteiger partial charge is 0.325 e. The number of carbonyl (C=O) groups excluding carboxylic acids is 1. The number of carbonyl (C=O) groups is 1. The Hall–Kier alpha value is -1.92. The number of nitrogens with one attached hydrogen (secondary N) is 1. The van der Waals surface area contributed by atoms with Crippen molar-refractivity contribution >= 4 is 33.0 Å². The van der Waals surface area contributed by atoms with E-state index < -0.39 is 27.3 Å². The van der Waals surface area contributed by atoms with E-state index in [1.807, 2.05) is 0 Å². The number of halogens is 2. The molecule has 2 rings (SSSR count). The molecule has 0 bridgehead atoms. The van der Waals surface area contributed by atoms with Gasteiger partial charge in [0.2, 0.25) is 5.91 Å². The molecule has 0 fully saturated rings. The molecule has 0 saturated carbocycles. The second-order valence-corrected chi connectivity index (χ2v) is 7.15. The van der Waals surface area contributed by atoms with Gasteiger partial charge in [-0.05, 0) is 48.9 Å². The highest BCUT2D eigenvalue weighted by Gasteiger charge is 2.19. The summed E-state index contributed by atoms with van der Waals surface area (Å²) in [5, 5.41) is 2.76. The molecule has 0 saturated heterocycles. The lowest BCUT2D eigenvalue weighted by molar-refractivity contribution is -0.113. The van der Waals surface area contributed by atoms with Gasteiger partial charge in [-0.15, -0.1) is 0 Å². The van der Waals surface area contributed by atoms with E-state index >= 15 is 0 Å². The number of hydrogen-bond donors (Lipinski definition) is 1. The molecule has 0 aliphatic heterocycles. The third-order valence-corrected chi connectivity index (χ3v) is 4.83. The maximum absolute atomic E-state index is 13.4. The molecule has 4 nitrogen and oxygen atoms in total. The third-order valence-electron chi connectivity index (χ3n) is 2.95. The molecule has 0 unspecified atom stereocenters. The van der Waals surface area contributed by atoms with Crippen molar-refractivity contribution in [2.75, 3.05) is 11.1 Å². The van der Waals surface area contributed by atoms with Gasteiger partial charge in [0.25, 0.3) is 0 Å². The van der Waals surface area contributed by atoms with Crippen LogP contribution in [0.25, 0.3) is 0 Å². The number of rotatable bonds is 4. The summed E-state index contributed by atoms with van der Waals surface area (Å²) in [6.45, 7) is 1.59. The summed E-state index contributed by atoms with van der Waals surface area (Å²) in [5.74, 6) is -1.94. The van der Waals surface area contributed by atoms with Crippen LogP contribution in [0, 0.1) is 12.7 Å². The first kappa shape index (κ1) is 16.5. The minimum atomic E-state index is -3.78. The molecule has 1 amide bonds. The summed E-state index contributed by atoms with van der Waals surface area (Å²) >= 11 is 5.69. The van der Waals surface area contributed by atoms with Gasteiger partial charge in [-0.2, -0.15) is 0 Å². The summed E-state index contributed by atoms with van der Waals surface area (Å²) in [6, 6.07) is 9.67. The fourth-order valence-corrected chi connectivity index (χ4v) is 3.03. The molecule has 1 N–H and O–H groups in total. The molecular formula is C15H13ClFNO3S. The van der Waals surface area contributed by atoms with Crippen LogP contribution in [-0.4, -0.2) is 20.1 Å². The Kier molecular flexibility index (Phi) is 4.83. The van der Waals surface area contributed by atoms with Crippen LogP contribution in [0.2, 0.25) is 5.02 Å². The van der Waals surface area contributed by atoms with E-state index in [4.69, 9.17) is 11.6 Å². The average Bonchev–Trinajstić information content (AvgIpc) is 2.42. The summed E-state index contributed by atoms with van der Waals surface area (Å²) < 4.78 is 37.6. The van der Waals surface area contributed by atoms with Crippen LogP contribution in [0.5, 0.6) is 0 Å². The van der Waals surface area contributed by atoms with E-state index in [0.29, 0.717) is 10.6 Å². The smallest absolute Gasteiger partial charge is 0.239 e. The molecule has 2 aromatic carbocycles. The predicted molar refractivity (Wildman–Crippen MR) is 83.3 cm³/mol. The van der Waals surface area contributed by atoms with E-state index in [9.17, 15) is 17.6 Å². The number of anilines is 1. The molecular weight excluding hydrogens is 329 g/mol. The van der Waals surface area contributed by atoms with E-state index in [1.54, 1.807) is 6.92 Å². The van der Waals surface area contributed by atoms with Crippen LogP contribution in [0.1, 0.15) is 5.56 Å². The Morgan fingerprint density at radius 2 is 1.82 bits per heavy atom. The Labute approximate surface area is 132 Å². The summed E-state index contributed by atoms with van der Waals surface area (Å²) in [7, 11) is -3.78. The van der Waals surface area contributed by atoms with Crippen LogP contribution in [0.3, 0.4) is 0 Å². The van der Waals surface area contributed by atoms with E-state index in [0.717, 1.165) is 6.07 Å². The fraction of sp³-hybridized carbons (Fsp3) is 0.133. The molecule has 0 atom stereocenters. The Balaban J connectivity index is 2.10. The minimum absolute atomic E-state index is 0.00198. The maximum atomic E-state index is 13.4. The van der Waals surface area contributed by atoms with Gasteiger partial charge in [-0.25, -0.2) is 12.8 Å². The molecule has 0 aliphatic carbocycles. The van der Waals surface area contributed by atoms with Crippen molar-refractivity contribution < 1.29 is 17.6 Å². The van der Waals surface area contributed by atoms with Crippen LogP contribution >= 0.6 is 11.6 Å². The van der Waals surface area contributed by atoms with Gasteiger partial charge in [-0.3, -0.25) is 4.79 Å². The first-order valence-corrected chi connectivity index (χ1v) is 8.35. The van der Waals surface area contributed by atoms with Crippen molar-refractivity contribution in [3.63, 3.8) is 0 Å². The van der Waals surface area contributed by atoms with Crippen LogP contribution in [0.4, 0.5) is 10.1 Å². The highest BCUT2D eigenvalue weighted by molar-refractivity contribution is 7.92. The average molecular weight is 342 g/mol. The van der Waals surface area contributed by atoms with E-state index in [1.165, 1.54) is 36.4 Å². The van der Waals surface area contributed by atoms with Gasteiger partial charge in [0.1, 0.15) is 11.6 Å². The van der Waals surface area contributed by atoms with Gasteiger partial charge in [0, 0.05) is 10.7 Å². The number of benzene rings is 2. The molecule has 0 aromatic heterocycles. The molecule has 22 heavy (non-hydrogen) atoms. The molecule has 7 heteroatoms. The number of hydrogen-bond acceptors (Lipinski definition) is 3. The van der Waals surface area contributed by atoms with Crippen molar-refractivity contribution in [3.8, 4) is 0 Å². The first-order valence-electron chi connectivity index (χ1n) is 6.32. The lowest BCUT2D eigenvalue weighted by Crippen LogP contribution is -2.23. The second kappa shape index (κ2) is 6.46. The zero-order chi connectivity index (χ0) is 16.3. The van der Waals surface area contributed by atoms with E-state index in [-0.39, 0.29) is 10.6 Å². The normalized spacial score (nSPS) is 11.2. The van der Waals surface area contributed by atoms with Gasteiger partial charge in [-0.1, -0.05) is 17.7 Å². The van der Waals surface area contributed by atoms with Crippen molar-refractivity contribution in [1.82, 2.24) is 0 Å². The van der Waals surface area contributed by atoms with Gasteiger partial charge < -0.3 is 5.32 Å². The Morgan fingerprint density at radius 3 is 2.41 bits per heavy atom. The lowest BCUT2D eigenvalue weighted by Gasteiger charge is -2.07. The zero-order valence-electron chi connectivity index (χ0n) is 11.6. The van der Waals surface area contributed by atoms with Crippen molar-refractivity contribution in [2.24, 2.45) is 0 Å². The molecule has 116 valence electrons. The minimum Gasteiger partial charge on any atom is -0.325 e. The molecule has 0 spiro atoms. The number of sulfone groups is 1. The van der Waals surface area contributed by atoms with Gasteiger partial charge >= 0.3 is 0 Å². The molecule has 2 aromatic rings. The Morgan fingerprint density at radius 1 is 1.18 bits per heavy atom.